The molecular formula is C13H16ClN3O. The zero-order chi connectivity index (χ0) is 13.0. The van der Waals surface area contributed by atoms with Gasteiger partial charge < -0.3 is 14.6 Å². The van der Waals surface area contributed by atoms with Gasteiger partial charge in [0.1, 0.15) is 11.6 Å². The molecule has 0 saturated heterocycles. The van der Waals surface area contributed by atoms with Crippen LogP contribution >= 0.6 is 11.6 Å². The Balaban J connectivity index is 2.14. The van der Waals surface area contributed by atoms with E-state index in [0.29, 0.717) is 11.6 Å². The van der Waals surface area contributed by atoms with Crippen molar-refractivity contribution in [3.63, 3.8) is 0 Å². The van der Waals surface area contributed by atoms with Crippen LogP contribution in [-0.4, -0.2) is 19.1 Å². The third-order valence-electron chi connectivity index (χ3n) is 2.65. The lowest BCUT2D eigenvalue weighted by atomic mass is 10.2. The molecule has 18 heavy (non-hydrogen) atoms. The highest BCUT2D eigenvalue weighted by molar-refractivity contribution is 6.31. The van der Waals surface area contributed by atoms with Gasteiger partial charge in [0.25, 0.3) is 0 Å². The molecule has 0 amide bonds. The Morgan fingerprint density at radius 2 is 2.33 bits per heavy atom. The number of aromatic nitrogens is 1. The number of furan rings is 1. The van der Waals surface area contributed by atoms with Crippen LogP contribution in [0.4, 0.5) is 5.82 Å². The number of pyridine rings is 1. The summed E-state index contributed by atoms with van der Waals surface area (Å²) in [7, 11) is 3.87. The molecule has 4 nitrogen and oxygen atoms in total. The van der Waals surface area contributed by atoms with Crippen molar-refractivity contribution < 1.29 is 4.42 Å². The van der Waals surface area contributed by atoms with E-state index in [-0.39, 0.29) is 0 Å². The Labute approximate surface area is 112 Å². The van der Waals surface area contributed by atoms with E-state index >= 15 is 0 Å². The molecule has 0 aliphatic carbocycles. The van der Waals surface area contributed by atoms with E-state index in [4.69, 9.17) is 16.0 Å². The minimum Gasteiger partial charge on any atom is -0.467 e. The van der Waals surface area contributed by atoms with E-state index in [9.17, 15) is 0 Å². The van der Waals surface area contributed by atoms with Crippen LogP contribution in [0.5, 0.6) is 0 Å². The normalized spacial score (nSPS) is 10.6. The van der Waals surface area contributed by atoms with Crippen molar-refractivity contribution in [3.05, 3.63) is 47.0 Å². The fourth-order valence-electron chi connectivity index (χ4n) is 1.72. The molecule has 0 atom stereocenters. The average molecular weight is 266 g/mol. The van der Waals surface area contributed by atoms with Crippen molar-refractivity contribution >= 4 is 17.4 Å². The second kappa shape index (κ2) is 5.89. The number of halogens is 1. The smallest absolute Gasteiger partial charge is 0.129 e. The lowest BCUT2D eigenvalue weighted by molar-refractivity contribution is 0.507. The van der Waals surface area contributed by atoms with Gasteiger partial charge in [-0.05, 0) is 30.8 Å². The van der Waals surface area contributed by atoms with Gasteiger partial charge in [-0.2, -0.15) is 0 Å². The standard InChI is InChI=1S/C13H16ClN3O/c1-15-7-10-6-13(16-8-12(10)14)17(2)9-11-4-3-5-18-11/h3-6,8,15H,7,9H2,1-2H3. The molecule has 2 heterocycles. The summed E-state index contributed by atoms with van der Waals surface area (Å²) < 4.78 is 5.32. The molecule has 5 heteroatoms. The van der Waals surface area contributed by atoms with Gasteiger partial charge in [0.15, 0.2) is 0 Å². The first-order valence-electron chi connectivity index (χ1n) is 5.73. The molecule has 96 valence electrons. The lowest BCUT2D eigenvalue weighted by Crippen LogP contribution is -2.18. The molecule has 2 aromatic heterocycles. The van der Waals surface area contributed by atoms with Crippen LogP contribution in [0.2, 0.25) is 5.02 Å². The third-order valence-corrected chi connectivity index (χ3v) is 2.99. The largest absolute Gasteiger partial charge is 0.467 e. The summed E-state index contributed by atoms with van der Waals surface area (Å²) in [5.74, 6) is 1.78. The average Bonchev–Trinajstić information content (AvgIpc) is 2.85. The molecule has 0 unspecified atom stereocenters. The van der Waals surface area contributed by atoms with Crippen molar-refractivity contribution in [1.29, 1.82) is 0 Å². The van der Waals surface area contributed by atoms with Crippen LogP contribution in [0.1, 0.15) is 11.3 Å². The maximum Gasteiger partial charge on any atom is 0.129 e. The van der Waals surface area contributed by atoms with Gasteiger partial charge in [-0.25, -0.2) is 4.98 Å². The first-order valence-corrected chi connectivity index (χ1v) is 6.11. The molecule has 2 rings (SSSR count). The third kappa shape index (κ3) is 3.03. The predicted octanol–water partition coefficient (Wildman–Crippen LogP) is 2.68. The Morgan fingerprint density at radius 1 is 1.50 bits per heavy atom. The van der Waals surface area contributed by atoms with Gasteiger partial charge in [-0.1, -0.05) is 11.6 Å². The molecule has 0 bridgehead atoms. The number of hydrogen-bond donors (Lipinski definition) is 1. The molecule has 0 aliphatic rings. The number of nitrogens with one attached hydrogen (secondary N) is 1. The Hall–Kier alpha value is -1.52. The zero-order valence-corrected chi connectivity index (χ0v) is 11.2. The van der Waals surface area contributed by atoms with Crippen LogP contribution in [0.15, 0.2) is 35.1 Å². The Morgan fingerprint density at radius 3 is 3.00 bits per heavy atom. The lowest BCUT2D eigenvalue weighted by Gasteiger charge is -2.18. The zero-order valence-electron chi connectivity index (χ0n) is 10.5. The molecule has 0 spiro atoms. The van der Waals surface area contributed by atoms with Gasteiger partial charge in [0.2, 0.25) is 0 Å². The number of rotatable bonds is 5. The van der Waals surface area contributed by atoms with Gasteiger partial charge in [0, 0.05) is 19.8 Å². The molecule has 0 saturated carbocycles. The van der Waals surface area contributed by atoms with E-state index in [0.717, 1.165) is 23.7 Å². The summed E-state index contributed by atoms with van der Waals surface area (Å²) in [6.45, 7) is 1.41. The molecular weight excluding hydrogens is 250 g/mol. The second-order valence-corrected chi connectivity index (χ2v) is 4.51. The van der Waals surface area contributed by atoms with Crippen LogP contribution < -0.4 is 10.2 Å². The van der Waals surface area contributed by atoms with Gasteiger partial charge in [-0.3, -0.25) is 0 Å². The van der Waals surface area contributed by atoms with Crippen molar-refractivity contribution in [3.8, 4) is 0 Å². The molecule has 0 radical (unpaired) electrons. The summed E-state index contributed by atoms with van der Waals surface area (Å²) in [6.07, 6.45) is 3.35. The first-order chi connectivity index (χ1) is 8.70. The van der Waals surface area contributed by atoms with Crippen molar-refractivity contribution in [2.24, 2.45) is 0 Å². The predicted molar refractivity (Wildman–Crippen MR) is 72.8 cm³/mol. The minimum absolute atomic E-state index is 0.680. The number of hydrogen-bond acceptors (Lipinski definition) is 4. The maximum atomic E-state index is 6.08. The Kier molecular flexibility index (Phi) is 4.23. The van der Waals surface area contributed by atoms with E-state index in [1.807, 2.05) is 37.2 Å². The summed E-state index contributed by atoms with van der Waals surface area (Å²) in [5, 5.41) is 3.77. The quantitative estimate of drug-likeness (QED) is 0.903. The van der Waals surface area contributed by atoms with Crippen LogP contribution in [0, 0.1) is 0 Å². The fourth-order valence-corrected chi connectivity index (χ4v) is 1.89. The van der Waals surface area contributed by atoms with E-state index in [1.54, 1.807) is 12.5 Å². The molecule has 0 aliphatic heterocycles. The highest BCUT2D eigenvalue weighted by Gasteiger charge is 2.08. The maximum absolute atomic E-state index is 6.08. The van der Waals surface area contributed by atoms with E-state index < -0.39 is 0 Å². The van der Waals surface area contributed by atoms with Crippen LogP contribution in [0.3, 0.4) is 0 Å². The summed E-state index contributed by atoms with van der Waals surface area (Å²) in [6, 6.07) is 5.81. The van der Waals surface area contributed by atoms with Crippen LogP contribution in [-0.2, 0) is 13.1 Å². The summed E-state index contributed by atoms with van der Waals surface area (Å²) in [5.41, 5.74) is 1.04. The highest BCUT2D eigenvalue weighted by atomic mass is 35.5. The SMILES string of the molecule is CNCc1cc(N(C)Cc2ccco2)ncc1Cl. The summed E-state index contributed by atoms with van der Waals surface area (Å²) in [4.78, 5) is 6.35. The van der Waals surface area contributed by atoms with Crippen molar-refractivity contribution in [2.75, 3.05) is 19.0 Å². The van der Waals surface area contributed by atoms with Gasteiger partial charge in [-0.15, -0.1) is 0 Å². The van der Waals surface area contributed by atoms with Gasteiger partial charge >= 0.3 is 0 Å². The Bertz CT molecular complexity index is 499. The van der Waals surface area contributed by atoms with Crippen molar-refractivity contribution in [2.45, 2.75) is 13.1 Å². The van der Waals surface area contributed by atoms with E-state index in [1.165, 1.54) is 0 Å². The number of nitrogens with zero attached hydrogens (tertiary/aromatic N) is 2. The first kappa shape index (κ1) is 12.9. The topological polar surface area (TPSA) is 41.3 Å². The molecule has 1 N–H and O–H groups in total. The monoisotopic (exact) mass is 265 g/mol. The fraction of sp³-hybridized carbons (Fsp3) is 0.308. The molecule has 2 aromatic rings. The van der Waals surface area contributed by atoms with Gasteiger partial charge in [0.05, 0.1) is 17.8 Å². The van der Waals surface area contributed by atoms with Crippen LogP contribution in [0.25, 0.3) is 0 Å². The molecule has 0 aromatic carbocycles. The highest BCUT2D eigenvalue weighted by Crippen LogP contribution is 2.20. The molecule has 0 fully saturated rings. The minimum atomic E-state index is 0.680. The van der Waals surface area contributed by atoms with Crippen molar-refractivity contribution in [1.82, 2.24) is 10.3 Å². The second-order valence-electron chi connectivity index (χ2n) is 4.10. The summed E-state index contributed by atoms with van der Waals surface area (Å²) >= 11 is 6.08. The number of anilines is 1. The van der Waals surface area contributed by atoms with E-state index in [2.05, 4.69) is 10.3 Å².